The number of halogens is 1. The van der Waals surface area contributed by atoms with E-state index in [1.165, 1.54) is 32.1 Å². The molecule has 7 heteroatoms. The van der Waals surface area contributed by atoms with E-state index in [1.807, 2.05) is 0 Å². The van der Waals surface area contributed by atoms with Gasteiger partial charge in [-0.2, -0.15) is 0 Å². The number of piperidine rings is 1. The van der Waals surface area contributed by atoms with Crippen molar-refractivity contribution in [1.82, 2.24) is 10.2 Å². The largest absolute Gasteiger partial charge is 0.356 e. The number of anilines is 1. The van der Waals surface area contributed by atoms with E-state index in [-0.39, 0.29) is 23.6 Å². The van der Waals surface area contributed by atoms with Gasteiger partial charge in [0.05, 0.1) is 10.6 Å². The Balaban J connectivity index is 1.28. The fraction of sp³-hybridized carbons (Fsp3) is 0.444. The maximum Gasteiger partial charge on any atom is 0.257 e. The molecule has 2 aromatic rings. The monoisotopic (exact) mass is 481 g/mol. The molecule has 1 aliphatic carbocycles. The fourth-order valence-electron chi connectivity index (χ4n) is 4.88. The molecule has 0 atom stereocenters. The zero-order valence-corrected chi connectivity index (χ0v) is 20.2. The highest BCUT2D eigenvalue weighted by Crippen LogP contribution is 2.24. The van der Waals surface area contributed by atoms with E-state index in [2.05, 4.69) is 10.6 Å². The number of rotatable bonds is 6. The van der Waals surface area contributed by atoms with E-state index in [1.54, 1.807) is 53.4 Å². The molecule has 0 spiro atoms. The summed E-state index contributed by atoms with van der Waals surface area (Å²) in [7, 11) is 0. The van der Waals surface area contributed by atoms with Gasteiger partial charge in [0.25, 0.3) is 11.8 Å². The maximum absolute atomic E-state index is 13.1. The summed E-state index contributed by atoms with van der Waals surface area (Å²) < 4.78 is 0. The number of nitrogens with zero attached hydrogens (tertiary/aromatic N) is 1. The molecule has 34 heavy (non-hydrogen) atoms. The molecule has 0 unspecified atom stereocenters. The van der Waals surface area contributed by atoms with Crippen molar-refractivity contribution in [2.75, 3.05) is 25.0 Å². The first-order valence-corrected chi connectivity index (χ1v) is 12.6. The van der Waals surface area contributed by atoms with E-state index >= 15 is 0 Å². The number of hydrogen-bond acceptors (Lipinski definition) is 3. The predicted octanol–water partition coefficient (Wildman–Crippen LogP) is 5.14. The van der Waals surface area contributed by atoms with Gasteiger partial charge in [-0.05, 0) is 61.9 Å². The first-order valence-electron chi connectivity index (χ1n) is 12.2. The van der Waals surface area contributed by atoms with Crippen LogP contribution in [0, 0.1) is 11.8 Å². The molecule has 4 rings (SSSR count). The van der Waals surface area contributed by atoms with Crippen molar-refractivity contribution >= 4 is 35.0 Å². The molecular formula is C27H32ClN3O3. The van der Waals surface area contributed by atoms with Crippen LogP contribution in [0.3, 0.4) is 0 Å². The van der Waals surface area contributed by atoms with Gasteiger partial charge in [0.15, 0.2) is 0 Å². The molecule has 6 nitrogen and oxygen atoms in total. The number of likely N-dealkylation sites (tertiary alicyclic amines) is 1. The smallest absolute Gasteiger partial charge is 0.257 e. The van der Waals surface area contributed by atoms with E-state index < -0.39 is 0 Å². The van der Waals surface area contributed by atoms with Crippen LogP contribution in [0.15, 0.2) is 48.5 Å². The minimum absolute atomic E-state index is 0.0334. The summed E-state index contributed by atoms with van der Waals surface area (Å²) >= 11 is 6.11. The third-order valence-electron chi connectivity index (χ3n) is 6.93. The van der Waals surface area contributed by atoms with E-state index in [0.717, 1.165) is 6.54 Å². The SMILES string of the molecule is O=C(Nc1cccc(C(=O)N2CCC(C(=O)NCC3CCCCC3)CC2)c1)c1ccccc1Cl. The number of carbonyl (C=O) groups excluding carboxylic acids is 3. The van der Waals surface area contributed by atoms with Gasteiger partial charge in [-0.1, -0.05) is 49.1 Å². The molecule has 2 fully saturated rings. The van der Waals surface area contributed by atoms with Crippen LogP contribution in [-0.4, -0.2) is 42.3 Å². The third-order valence-corrected chi connectivity index (χ3v) is 7.26. The number of nitrogens with one attached hydrogen (secondary N) is 2. The Morgan fingerprint density at radius 3 is 2.38 bits per heavy atom. The summed E-state index contributed by atoms with van der Waals surface area (Å²) in [5.74, 6) is 0.297. The summed E-state index contributed by atoms with van der Waals surface area (Å²) in [6.45, 7) is 1.89. The van der Waals surface area contributed by atoms with Crippen molar-refractivity contribution in [3.8, 4) is 0 Å². The van der Waals surface area contributed by atoms with Gasteiger partial charge in [-0.25, -0.2) is 0 Å². The Labute approximate surface area is 206 Å². The van der Waals surface area contributed by atoms with Crippen molar-refractivity contribution < 1.29 is 14.4 Å². The highest BCUT2D eigenvalue weighted by Gasteiger charge is 2.28. The van der Waals surface area contributed by atoms with Gasteiger partial charge >= 0.3 is 0 Å². The second-order valence-corrected chi connectivity index (χ2v) is 9.74. The quantitative estimate of drug-likeness (QED) is 0.599. The highest BCUT2D eigenvalue weighted by atomic mass is 35.5. The first-order chi connectivity index (χ1) is 16.5. The van der Waals surface area contributed by atoms with Crippen LogP contribution in [0.5, 0.6) is 0 Å². The summed E-state index contributed by atoms with van der Waals surface area (Å²) in [6, 6.07) is 13.8. The van der Waals surface area contributed by atoms with Crippen LogP contribution in [0.1, 0.15) is 65.7 Å². The molecule has 3 amide bonds. The zero-order valence-electron chi connectivity index (χ0n) is 19.4. The lowest BCUT2D eigenvalue weighted by Gasteiger charge is -2.32. The Hall–Kier alpha value is -2.86. The normalized spacial score (nSPS) is 17.3. The van der Waals surface area contributed by atoms with Crippen LogP contribution < -0.4 is 10.6 Å². The highest BCUT2D eigenvalue weighted by molar-refractivity contribution is 6.34. The number of amides is 3. The second-order valence-electron chi connectivity index (χ2n) is 9.33. The van der Waals surface area contributed by atoms with Crippen LogP contribution in [0.25, 0.3) is 0 Å². The molecular weight excluding hydrogens is 450 g/mol. The summed E-state index contributed by atoms with van der Waals surface area (Å²) in [4.78, 5) is 40.0. The van der Waals surface area contributed by atoms with Crippen molar-refractivity contribution in [2.24, 2.45) is 11.8 Å². The number of hydrogen-bond donors (Lipinski definition) is 2. The molecule has 2 aromatic carbocycles. The molecule has 180 valence electrons. The van der Waals surface area contributed by atoms with Crippen LogP contribution in [-0.2, 0) is 4.79 Å². The van der Waals surface area contributed by atoms with Gasteiger partial charge in [0.2, 0.25) is 5.91 Å². The molecule has 0 radical (unpaired) electrons. The van der Waals surface area contributed by atoms with Crippen molar-refractivity contribution in [1.29, 1.82) is 0 Å². The summed E-state index contributed by atoms with van der Waals surface area (Å²) in [6.07, 6.45) is 7.62. The Morgan fingerprint density at radius 1 is 0.912 bits per heavy atom. The summed E-state index contributed by atoms with van der Waals surface area (Å²) in [5.41, 5.74) is 1.43. The van der Waals surface area contributed by atoms with Gasteiger partial charge < -0.3 is 15.5 Å². The lowest BCUT2D eigenvalue weighted by molar-refractivity contribution is -0.126. The van der Waals surface area contributed by atoms with Gasteiger partial charge in [0.1, 0.15) is 0 Å². The molecule has 2 N–H and O–H groups in total. The van der Waals surface area contributed by atoms with E-state index in [4.69, 9.17) is 11.6 Å². The second kappa shape index (κ2) is 11.5. The van der Waals surface area contributed by atoms with E-state index in [0.29, 0.717) is 53.7 Å². The van der Waals surface area contributed by atoms with Crippen molar-refractivity contribution in [2.45, 2.75) is 44.9 Å². The zero-order chi connectivity index (χ0) is 23.9. The molecule has 1 saturated carbocycles. The van der Waals surface area contributed by atoms with Crippen LogP contribution in [0.4, 0.5) is 5.69 Å². The Bertz CT molecular complexity index is 1030. The van der Waals surface area contributed by atoms with E-state index in [9.17, 15) is 14.4 Å². The minimum atomic E-state index is -0.324. The van der Waals surface area contributed by atoms with Crippen LogP contribution >= 0.6 is 11.6 Å². The van der Waals surface area contributed by atoms with Gasteiger partial charge in [0, 0.05) is 36.8 Å². The minimum Gasteiger partial charge on any atom is -0.356 e. The lowest BCUT2D eigenvalue weighted by atomic mass is 9.89. The number of benzene rings is 2. The van der Waals surface area contributed by atoms with Crippen molar-refractivity contribution in [3.63, 3.8) is 0 Å². The molecule has 1 aliphatic heterocycles. The standard InChI is InChI=1S/C27H32ClN3O3/c28-24-12-5-4-11-23(24)26(33)30-22-10-6-9-21(17-22)27(34)31-15-13-20(14-16-31)25(32)29-18-19-7-2-1-3-8-19/h4-6,9-12,17,19-20H,1-3,7-8,13-16,18H2,(H,29,32)(H,30,33). The maximum atomic E-state index is 13.1. The van der Waals surface area contributed by atoms with Gasteiger partial charge in [-0.15, -0.1) is 0 Å². The van der Waals surface area contributed by atoms with Crippen LogP contribution in [0.2, 0.25) is 5.02 Å². The Morgan fingerprint density at radius 2 is 1.65 bits per heavy atom. The Kier molecular flexibility index (Phi) is 8.22. The van der Waals surface area contributed by atoms with Crippen molar-refractivity contribution in [3.05, 3.63) is 64.7 Å². The molecule has 2 aliphatic rings. The van der Waals surface area contributed by atoms with Gasteiger partial charge in [-0.3, -0.25) is 14.4 Å². The average molecular weight is 482 g/mol. The average Bonchev–Trinajstić information content (AvgIpc) is 2.88. The summed E-state index contributed by atoms with van der Waals surface area (Å²) in [5, 5.41) is 6.34. The molecule has 1 heterocycles. The third kappa shape index (κ3) is 6.17. The fourth-order valence-corrected chi connectivity index (χ4v) is 5.10. The topological polar surface area (TPSA) is 78.5 Å². The molecule has 1 saturated heterocycles. The predicted molar refractivity (Wildman–Crippen MR) is 134 cm³/mol. The molecule has 0 bridgehead atoms. The number of carbonyl (C=O) groups is 3. The first kappa shape index (κ1) is 24.3. The lowest BCUT2D eigenvalue weighted by Crippen LogP contribution is -2.43. The molecule has 0 aromatic heterocycles.